The molecule has 4 rings (SSSR count). The monoisotopic (exact) mass is 318 g/mol. The van der Waals surface area contributed by atoms with Gasteiger partial charge in [-0.05, 0) is 43.4 Å². The van der Waals surface area contributed by atoms with Crippen LogP contribution in [0.1, 0.15) is 37.1 Å². The molecule has 0 saturated heterocycles. The fourth-order valence-corrected chi connectivity index (χ4v) is 3.73. The predicted molar refractivity (Wildman–Crippen MR) is 96.4 cm³/mol. The Bertz CT molecular complexity index is 837. The van der Waals surface area contributed by atoms with Gasteiger partial charge in [0.25, 0.3) is 0 Å². The van der Waals surface area contributed by atoms with Crippen molar-refractivity contribution in [1.29, 1.82) is 0 Å². The molecule has 3 nitrogen and oxygen atoms in total. The number of benzene rings is 2. The van der Waals surface area contributed by atoms with Crippen molar-refractivity contribution in [2.24, 2.45) is 0 Å². The number of hydrogen-bond donors (Lipinski definition) is 0. The van der Waals surface area contributed by atoms with Gasteiger partial charge in [-0.1, -0.05) is 42.5 Å². The standard InChI is InChI=1S/C21H22N2O/c1-2-24-21-13-6-5-11-19(21)17-9-3-4-10-18(17)20-12-7-8-16-14-22-15-23(16)20/h3-6,9-11,13-15,20H,2,7-8,12H2,1H3. The van der Waals surface area contributed by atoms with Crippen LogP contribution in [0.25, 0.3) is 11.1 Å². The lowest BCUT2D eigenvalue weighted by Crippen LogP contribution is -2.18. The highest BCUT2D eigenvalue weighted by molar-refractivity contribution is 5.74. The second-order valence-electron chi connectivity index (χ2n) is 6.22. The molecule has 1 unspecified atom stereocenters. The van der Waals surface area contributed by atoms with Crippen molar-refractivity contribution in [2.45, 2.75) is 32.2 Å². The zero-order valence-electron chi connectivity index (χ0n) is 14.0. The Labute approximate surface area is 142 Å². The van der Waals surface area contributed by atoms with Gasteiger partial charge >= 0.3 is 0 Å². The largest absolute Gasteiger partial charge is 0.493 e. The highest BCUT2D eigenvalue weighted by Crippen LogP contribution is 2.39. The summed E-state index contributed by atoms with van der Waals surface area (Å²) in [6, 6.07) is 17.4. The molecule has 0 bridgehead atoms. The third-order valence-corrected chi connectivity index (χ3v) is 4.79. The van der Waals surface area contributed by atoms with Gasteiger partial charge in [-0.15, -0.1) is 0 Å². The van der Waals surface area contributed by atoms with Crippen molar-refractivity contribution in [3.8, 4) is 16.9 Å². The molecule has 0 spiro atoms. The predicted octanol–water partition coefficient (Wildman–Crippen LogP) is 4.87. The smallest absolute Gasteiger partial charge is 0.127 e. The molecular formula is C21H22N2O. The minimum Gasteiger partial charge on any atom is -0.493 e. The topological polar surface area (TPSA) is 27.1 Å². The SMILES string of the molecule is CCOc1ccccc1-c1ccccc1C1CCCc2cncn21. The normalized spacial score (nSPS) is 16.6. The van der Waals surface area contributed by atoms with E-state index in [1.807, 2.05) is 25.5 Å². The van der Waals surface area contributed by atoms with E-state index in [2.05, 4.69) is 52.0 Å². The molecule has 2 heterocycles. The van der Waals surface area contributed by atoms with Gasteiger partial charge in [0.1, 0.15) is 5.75 Å². The molecule has 1 aromatic heterocycles. The minimum atomic E-state index is 0.349. The van der Waals surface area contributed by atoms with Crippen LogP contribution in [0, 0.1) is 0 Å². The van der Waals surface area contributed by atoms with Crippen LogP contribution in [0.4, 0.5) is 0 Å². The number of aromatic nitrogens is 2. The summed E-state index contributed by atoms with van der Waals surface area (Å²) in [5.41, 5.74) is 5.11. The summed E-state index contributed by atoms with van der Waals surface area (Å²) in [5.74, 6) is 0.953. The third-order valence-electron chi connectivity index (χ3n) is 4.79. The van der Waals surface area contributed by atoms with E-state index in [1.54, 1.807) is 0 Å². The van der Waals surface area contributed by atoms with Gasteiger partial charge in [-0.25, -0.2) is 4.98 Å². The van der Waals surface area contributed by atoms with Gasteiger partial charge in [0.2, 0.25) is 0 Å². The molecule has 1 aliphatic heterocycles. The zero-order chi connectivity index (χ0) is 16.4. The van der Waals surface area contributed by atoms with Crippen molar-refractivity contribution >= 4 is 0 Å². The van der Waals surface area contributed by atoms with Crippen LogP contribution in [0.5, 0.6) is 5.75 Å². The number of fused-ring (bicyclic) bond motifs is 1. The van der Waals surface area contributed by atoms with Crippen LogP contribution in [0.2, 0.25) is 0 Å². The Morgan fingerprint density at radius 2 is 1.88 bits per heavy atom. The average Bonchev–Trinajstić information content (AvgIpc) is 3.11. The van der Waals surface area contributed by atoms with Crippen molar-refractivity contribution in [3.05, 3.63) is 72.3 Å². The Morgan fingerprint density at radius 1 is 1.08 bits per heavy atom. The Balaban J connectivity index is 1.84. The second kappa shape index (κ2) is 6.52. The van der Waals surface area contributed by atoms with Crippen molar-refractivity contribution in [1.82, 2.24) is 9.55 Å². The molecule has 3 aromatic rings. The zero-order valence-corrected chi connectivity index (χ0v) is 14.0. The summed E-state index contributed by atoms with van der Waals surface area (Å²) in [6.45, 7) is 2.70. The summed E-state index contributed by atoms with van der Waals surface area (Å²) in [5, 5.41) is 0. The summed E-state index contributed by atoms with van der Waals surface area (Å²) in [7, 11) is 0. The first-order chi connectivity index (χ1) is 11.9. The van der Waals surface area contributed by atoms with Crippen molar-refractivity contribution < 1.29 is 4.74 Å². The van der Waals surface area contributed by atoms with Gasteiger partial charge in [-0.2, -0.15) is 0 Å². The average molecular weight is 318 g/mol. The van der Waals surface area contributed by atoms with Gasteiger partial charge in [0.15, 0.2) is 0 Å². The molecule has 0 amide bonds. The third kappa shape index (κ3) is 2.60. The van der Waals surface area contributed by atoms with E-state index in [0.717, 1.165) is 18.6 Å². The fraction of sp³-hybridized carbons (Fsp3) is 0.286. The van der Waals surface area contributed by atoms with E-state index in [-0.39, 0.29) is 0 Å². The van der Waals surface area contributed by atoms with Gasteiger partial charge in [0, 0.05) is 17.5 Å². The van der Waals surface area contributed by atoms with Crippen LogP contribution in [0.3, 0.4) is 0 Å². The number of nitrogens with zero attached hydrogens (tertiary/aromatic N) is 2. The Morgan fingerprint density at radius 3 is 2.75 bits per heavy atom. The van der Waals surface area contributed by atoms with Gasteiger partial charge in [0.05, 0.1) is 19.0 Å². The number of hydrogen-bond acceptors (Lipinski definition) is 2. The Hall–Kier alpha value is -2.55. The maximum absolute atomic E-state index is 5.87. The molecular weight excluding hydrogens is 296 g/mol. The molecule has 0 fully saturated rings. The number of rotatable bonds is 4. The maximum Gasteiger partial charge on any atom is 0.127 e. The second-order valence-corrected chi connectivity index (χ2v) is 6.22. The van der Waals surface area contributed by atoms with Crippen LogP contribution in [-0.2, 0) is 6.42 Å². The van der Waals surface area contributed by atoms with Crippen molar-refractivity contribution in [2.75, 3.05) is 6.61 Å². The molecule has 0 N–H and O–H groups in total. The molecule has 2 aromatic carbocycles. The van der Waals surface area contributed by atoms with Crippen LogP contribution >= 0.6 is 0 Å². The van der Waals surface area contributed by atoms with Crippen molar-refractivity contribution in [3.63, 3.8) is 0 Å². The van der Waals surface area contributed by atoms with E-state index in [9.17, 15) is 0 Å². The minimum absolute atomic E-state index is 0.349. The molecule has 0 saturated carbocycles. The van der Waals surface area contributed by atoms with Crippen LogP contribution in [-0.4, -0.2) is 16.2 Å². The van der Waals surface area contributed by atoms with E-state index < -0.39 is 0 Å². The highest BCUT2D eigenvalue weighted by Gasteiger charge is 2.24. The first-order valence-electron chi connectivity index (χ1n) is 8.70. The van der Waals surface area contributed by atoms with Crippen LogP contribution in [0.15, 0.2) is 61.1 Å². The number of aryl methyl sites for hydroxylation is 1. The molecule has 122 valence electrons. The number of imidazole rings is 1. The molecule has 1 atom stereocenters. The summed E-state index contributed by atoms with van der Waals surface area (Å²) in [4.78, 5) is 4.37. The summed E-state index contributed by atoms with van der Waals surface area (Å²) < 4.78 is 8.21. The first kappa shape index (κ1) is 15.0. The van der Waals surface area contributed by atoms with Crippen LogP contribution < -0.4 is 4.74 Å². The molecule has 0 aliphatic carbocycles. The van der Waals surface area contributed by atoms with E-state index >= 15 is 0 Å². The van der Waals surface area contributed by atoms with Gasteiger partial charge < -0.3 is 9.30 Å². The Kier molecular flexibility index (Phi) is 4.08. The summed E-state index contributed by atoms with van der Waals surface area (Å²) >= 11 is 0. The number of para-hydroxylation sites is 1. The van der Waals surface area contributed by atoms with E-state index in [0.29, 0.717) is 12.6 Å². The first-order valence-corrected chi connectivity index (χ1v) is 8.70. The van der Waals surface area contributed by atoms with Gasteiger partial charge in [-0.3, -0.25) is 0 Å². The lowest BCUT2D eigenvalue weighted by Gasteiger charge is -2.28. The summed E-state index contributed by atoms with van der Waals surface area (Å²) in [6.07, 6.45) is 7.45. The van der Waals surface area contributed by atoms with E-state index in [4.69, 9.17) is 4.74 Å². The molecule has 3 heteroatoms. The lowest BCUT2D eigenvalue weighted by atomic mass is 9.89. The number of ether oxygens (including phenoxy) is 1. The van der Waals surface area contributed by atoms with E-state index in [1.165, 1.54) is 28.8 Å². The highest BCUT2D eigenvalue weighted by atomic mass is 16.5. The maximum atomic E-state index is 5.87. The fourth-order valence-electron chi connectivity index (χ4n) is 3.73. The molecule has 24 heavy (non-hydrogen) atoms. The molecule has 0 radical (unpaired) electrons. The quantitative estimate of drug-likeness (QED) is 0.686. The lowest BCUT2D eigenvalue weighted by molar-refractivity contribution is 0.341. The molecule has 1 aliphatic rings.